The smallest absolute Gasteiger partial charge is 0.118 e. The number of rotatable bonds is 2. The van der Waals surface area contributed by atoms with E-state index in [1.807, 2.05) is 12.1 Å². The van der Waals surface area contributed by atoms with E-state index in [4.69, 9.17) is 4.74 Å². The predicted octanol–water partition coefficient (Wildman–Crippen LogP) is 4.52. The average Bonchev–Trinajstić information content (AvgIpc) is 2.92. The summed E-state index contributed by atoms with van der Waals surface area (Å²) in [5.74, 6) is 0.896. The number of halogens is 1. The molecule has 118 valence electrons. The Balaban J connectivity index is 1.86. The van der Waals surface area contributed by atoms with Crippen LogP contribution in [0.4, 0.5) is 0 Å². The Bertz CT molecular complexity index is 854. The standard InChI is InChI=1S/C19H19BrN2O/c1-22-10-9-15-16-11-13(20)5-8-17(16)21-18(15)19(22)12-3-6-14(23-2)7-4-12/h3-8,11,19,21H,9-10H2,1-2H3. The fourth-order valence-corrected chi connectivity index (χ4v) is 3.95. The van der Waals surface area contributed by atoms with Crippen LogP contribution in [0.5, 0.6) is 5.75 Å². The maximum Gasteiger partial charge on any atom is 0.118 e. The zero-order valence-electron chi connectivity index (χ0n) is 13.3. The van der Waals surface area contributed by atoms with Crippen LogP contribution in [-0.4, -0.2) is 30.6 Å². The lowest BCUT2D eigenvalue weighted by Gasteiger charge is -2.33. The number of methoxy groups -OCH3 is 1. The molecule has 1 aromatic heterocycles. The molecule has 1 aliphatic rings. The lowest BCUT2D eigenvalue weighted by atomic mass is 9.93. The number of likely N-dealkylation sites (N-methyl/N-ethyl adjacent to an activating group) is 1. The van der Waals surface area contributed by atoms with Gasteiger partial charge in [0.1, 0.15) is 5.75 Å². The van der Waals surface area contributed by atoms with Crippen molar-refractivity contribution in [3.8, 4) is 5.75 Å². The molecular weight excluding hydrogens is 352 g/mol. The molecule has 23 heavy (non-hydrogen) atoms. The number of hydrogen-bond acceptors (Lipinski definition) is 2. The second-order valence-electron chi connectivity index (χ2n) is 6.11. The van der Waals surface area contributed by atoms with Crippen LogP contribution in [-0.2, 0) is 6.42 Å². The molecular formula is C19H19BrN2O. The summed E-state index contributed by atoms with van der Waals surface area (Å²) in [6.45, 7) is 1.06. The molecule has 0 radical (unpaired) electrons. The van der Waals surface area contributed by atoms with E-state index in [0.29, 0.717) is 0 Å². The SMILES string of the molecule is COc1ccc(C2c3[nH]c4ccc(Br)cc4c3CCN2C)cc1. The molecule has 2 heterocycles. The van der Waals surface area contributed by atoms with Crippen LogP contribution in [0.25, 0.3) is 10.9 Å². The molecule has 4 heteroatoms. The first-order chi connectivity index (χ1) is 11.2. The third kappa shape index (κ3) is 2.46. The van der Waals surface area contributed by atoms with Gasteiger partial charge in [0.05, 0.1) is 13.2 Å². The van der Waals surface area contributed by atoms with Gasteiger partial charge in [0.2, 0.25) is 0 Å². The van der Waals surface area contributed by atoms with Crippen molar-refractivity contribution in [3.63, 3.8) is 0 Å². The van der Waals surface area contributed by atoms with E-state index in [9.17, 15) is 0 Å². The van der Waals surface area contributed by atoms with E-state index in [2.05, 4.69) is 63.2 Å². The summed E-state index contributed by atoms with van der Waals surface area (Å²) in [5, 5.41) is 1.33. The molecule has 1 atom stereocenters. The van der Waals surface area contributed by atoms with Gasteiger partial charge in [0, 0.05) is 27.6 Å². The molecule has 0 spiro atoms. The highest BCUT2D eigenvalue weighted by Gasteiger charge is 2.29. The second kappa shape index (κ2) is 5.69. The van der Waals surface area contributed by atoms with Crippen molar-refractivity contribution < 1.29 is 4.74 Å². The quantitative estimate of drug-likeness (QED) is 0.718. The normalized spacial score (nSPS) is 18.1. The molecule has 0 bridgehead atoms. The third-order valence-corrected chi connectivity index (χ3v) is 5.25. The molecule has 1 aliphatic heterocycles. The minimum absolute atomic E-state index is 0.260. The molecule has 1 N–H and O–H groups in total. The number of aromatic amines is 1. The van der Waals surface area contributed by atoms with Crippen LogP contribution in [0.3, 0.4) is 0 Å². The Morgan fingerprint density at radius 3 is 2.70 bits per heavy atom. The molecule has 0 amide bonds. The van der Waals surface area contributed by atoms with Crippen molar-refractivity contribution in [1.29, 1.82) is 0 Å². The van der Waals surface area contributed by atoms with Gasteiger partial charge in [-0.25, -0.2) is 0 Å². The van der Waals surface area contributed by atoms with Crippen molar-refractivity contribution in [2.24, 2.45) is 0 Å². The lowest BCUT2D eigenvalue weighted by Crippen LogP contribution is -2.32. The van der Waals surface area contributed by atoms with Gasteiger partial charge in [-0.05, 0) is 54.9 Å². The minimum Gasteiger partial charge on any atom is -0.497 e. The van der Waals surface area contributed by atoms with Crippen molar-refractivity contribution >= 4 is 26.8 Å². The topological polar surface area (TPSA) is 28.3 Å². The number of nitrogens with one attached hydrogen (secondary N) is 1. The molecule has 3 nitrogen and oxygen atoms in total. The molecule has 4 rings (SSSR count). The molecule has 3 aromatic rings. The third-order valence-electron chi connectivity index (χ3n) is 4.76. The molecule has 0 aliphatic carbocycles. The maximum atomic E-state index is 5.29. The summed E-state index contributed by atoms with van der Waals surface area (Å²) in [7, 11) is 3.90. The Kier molecular flexibility index (Phi) is 3.66. The summed E-state index contributed by atoms with van der Waals surface area (Å²) < 4.78 is 6.42. The second-order valence-corrected chi connectivity index (χ2v) is 7.03. The Labute approximate surface area is 144 Å². The van der Waals surface area contributed by atoms with Crippen LogP contribution in [0.2, 0.25) is 0 Å². The summed E-state index contributed by atoms with van der Waals surface area (Å²) in [4.78, 5) is 6.07. The fourth-order valence-electron chi connectivity index (χ4n) is 3.59. The molecule has 0 saturated carbocycles. The monoisotopic (exact) mass is 370 g/mol. The van der Waals surface area contributed by atoms with E-state index in [0.717, 1.165) is 23.2 Å². The highest BCUT2D eigenvalue weighted by molar-refractivity contribution is 9.10. The first kappa shape index (κ1) is 14.8. The predicted molar refractivity (Wildman–Crippen MR) is 97.2 cm³/mol. The van der Waals surface area contributed by atoms with Gasteiger partial charge in [0.25, 0.3) is 0 Å². The fraction of sp³-hybridized carbons (Fsp3) is 0.263. The first-order valence-electron chi connectivity index (χ1n) is 7.81. The minimum atomic E-state index is 0.260. The molecule has 0 saturated heterocycles. The molecule has 2 aromatic carbocycles. The number of hydrogen-bond donors (Lipinski definition) is 1. The zero-order chi connectivity index (χ0) is 16.0. The Morgan fingerprint density at radius 1 is 1.17 bits per heavy atom. The van der Waals surface area contributed by atoms with Gasteiger partial charge in [-0.3, -0.25) is 4.90 Å². The van der Waals surface area contributed by atoms with Crippen molar-refractivity contribution in [2.45, 2.75) is 12.5 Å². The number of H-pyrrole nitrogens is 1. The van der Waals surface area contributed by atoms with Crippen LogP contribution >= 0.6 is 15.9 Å². The van der Waals surface area contributed by atoms with Gasteiger partial charge < -0.3 is 9.72 Å². The summed E-state index contributed by atoms with van der Waals surface area (Å²) in [6.07, 6.45) is 1.08. The highest BCUT2D eigenvalue weighted by atomic mass is 79.9. The van der Waals surface area contributed by atoms with Crippen molar-refractivity contribution in [1.82, 2.24) is 9.88 Å². The van der Waals surface area contributed by atoms with Crippen molar-refractivity contribution in [2.75, 3.05) is 20.7 Å². The van der Waals surface area contributed by atoms with Gasteiger partial charge in [0.15, 0.2) is 0 Å². The highest BCUT2D eigenvalue weighted by Crippen LogP contribution is 2.38. The summed E-state index contributed by atoms with van der Waals surface area (Å²) in [6, 6.07) is 15.1. The largest absolute Gasteiger partial charge is 0.497 e. The van der Waals surface area contributed by atoms with Gasteiger partial charge in [-0.2, -0.15) is 0 Å². The van der Waals surface area contributed by atoms with Crippen LogP contribution < -0.4 is 4.74 Å². The summed E-state index contributed by atoms with van der Waals surface area (Å²) >= 11 is 3.59. The van der Waals surface area contributed by atoms with E-state index in [1.54, 1.807) is 7.11 Å². The van der Waals surface area contributed by atoms with Gasteiger partial charge in [-0.1, -0.05) is 28.1 Å². The van der Waals surface area contributed by atoms with E-state index in [1.165, 1.54) is 27.7 Å². The summed E-state index contributed by atoms with van der Waals surface area (Å²) in [5.41, 5.74) is 5.27. The number of aromatic nitrogens is 1. The zero-order valence-corrected chi connectivity index (χ0v) is 14.9. The van der Waals surface area contributed by atoms with Gasteiger partial charge in [-0.15, -0.1) is 0 Å². The van der Waals surface area contributed by atoms with Crippen LogP contribution in [0.1, 0.15) is 22.9 Å². The van der Waals surface area contributed by atoms with Gasteiger partial charge >= 0.3 is 0 Å². The average molecular weight is 371 g/mol. The lowest BCUT2D eigenvalue weighted by molar-refractivity contribution is 0.261. The van der Waals surface area contributed by atoms with Crippen LogP contribution in [0, 0.1) is 0 Å². The number of benzene rings is 2. The Hall–Kier alpha value is -1.78. The van der Waals surface area contributed by atoms with E-state index >= 15 is 0 Å². The number of fused-ring (bicyclic) bond motifs is 3. The number of ether oxygens (including phenoxy) is 1. The maximum absolute atomic E-state index is 5.29. The Morgan fingerprint density at radius 2 is 1.96 bits per heavy atom. The number of nitrogens with zero attached hydrogens (tertiary/aromatic N) is 1. The van der Waals surface area contributed by atoms with E-state index < -0.39 is 0 Å². The van der Waals surface area contributed by atoms with Crippen LogP contribution in [0.15, 0.2) is 46.9 Å². The van der Waals surface area contributed by atoms with E-state index in [-0.39, 0.29) is 6.04 Å². The first-order valence-corrected chi connectivity index (χ1v) is 8.61. The molecule has 1 unspecified atom stereocenters. The van der Waals surface area contributed by atoms with Crippen molar-refractivity contribution in [3.05, 3.63) is 63.8 Å². The molecule has 0 fully saturated rings.